The van der Waals surface area contributed by atoms with Crippen LogP contribution in [0.5, 0.6) is 0 Å². The second-order valence-corrected chi connectivity index (χ2v) is 7.99. The SMILES string of the molecule is CC(=O)O[C@H]1c2cc(C)ccc2N[C@H](c2ccc(Cl)cc2Cl)C1(C)C. The summed E-state index contributed by atoms with van der Waals surface area (Å²) in [7, 11) is 0. The van der Waals surface area contributed by atoms with Gasteiger partial charge in [0.1, 0.15) is 6.10 Å². The molecule has 0 amide bonds. The topological polar surface area (TPSA) is 38.3 Å². The molecule has 0 unspecified atom stereocenters. The van der Waals surface area contributed by atoms with Crippen molar-refractivity contribution in [2.75, 3.05) is 5.32 Å². The van der Waals surface area contributed by atoms with Crippen molar-refractivity contribution in [2.45, 2.75) is 39.8 Å². The number of carbonyl (C=O) groups is 1. The van der Waals surface area contributed by atoms with E-state index in [2.05, 4.69) is 25.2 Å². The van der Waals surface area contributed by atoms with E-state index < -0.39 is 5.41 Å². The number of benzene rings is 2. The Morgan fingerprint density at radius 1 is 1.12 bits per heavy atom. The van der Waals surface area contributed by atoms with E-state index in [0.717, 1.165) is 22.4 Å². The van der Waals surface area contributed by atoms with Gasteiger partial charge in [0.2, 0.25) is 0 Å². The quantitative estimate of drug-likeness (QED) is 0.642. The predicted molar refractivity (Wildman–Crippen MR) is 102 cm³/mol. The zero-order valence-corrected chi connectivity index (χ0v) is 16.2. The number of ether oxygens (including phenoxy) is 1. The molecule has 3 nitrogen and oxygen atoms in total. The molecule has 25 heavy (non-hydrogen) atoms. The fourth-order valence-electron chi connectivity index (χ4n) is 3.52. The van der Waals surface area contributed by atoms with Gasteiger partial charge in [-0.25, -0.2) is 0 Å². The fourth-order valence-corrected chi connectivity index (χ4v) is 4.04. The number of halogens is 2. The largest absolute Gasteiger partial charge is 0.457 e. The predicted octanol–water partition coefficient (Wildman–Crippen LogP) is 6.10. The molecule has 1 aliphatic rings. The zero-order valence-electron chi connectivity index (χ0n) is 14.7. The molecule has 0 saturated heterocycles. The Kier molecular flexibility index (Phi) is 4.74. The highest BCUT2D eigenvalue weighted by molar-refractivity contribution is 6.35. The molecule has 2 aromatic rings. The van der Waals surface area contributed by atoms with Crippen LogP contribution >= 0.6 is 23.2 Å². The van der Waals surface area contributed by atoms with Gasteiger partial charge in [-0.1, -0.05) is 60.8 Å². The minimum atomic E-state index is -0.413. The van der Waals surface area contributed by atoms with E-state index in [1.54, 1.807) is 6.07 Å². The first-order valence-corrected chi connectivity index (χ1v) is 8.95. The van der Waals surface area contributed by atoms with Gasteiger partial charge in [-0.05, 0) is 30.7 Å². The number of rotatable bonds is 2. The third-order valence-electron chi connectivity index (χ3n) is 4.77. The van der Waals surface area contributed by atoms with Crippen molar-refractivity contribution >= 4 is 34.9 Å². The van der Waals surface area contributed by atoms with E-state index >= 15 is 0 Å². The molecule has 0 aromatic heterocycles. The van der Waals surface area contributed by atoms with Crippen molar-refractivity contribution in [3.63, 3.8) is 0 Å². The summed E-state index contributed by atoms with van der Waals surface area (Å²) in [4.78, 5) is 11.8. The van der Waals surface area contributed by atoms with Gasteiger partial charge < -0.3 is 10.1 Å². The molecule has 0 aliphatic carbocycles. The standard InChI is InChI=1S/C20H21Cl2NO2/c1-11-5-8-17-15(9-11)19(25-12(2)24)20(3,4)18(23-17)14-7-6-13(21)10-16(14)22/h5-10,18-19,23H,1-4H3/t18-,19+/m1/s1. The highest BCUT2D eigenvalue weighted by atomic mass is 35.5. The third kappa shape index (κ3) is 3.36. The molecule has 0 fully saturated rings. The molecule has 132 valence electrons. The zero-order chi connectivity index (χ0) is 18.4. The lowest BCUT2D eigenvalue weighted by Gasteiger charge is -2.46. The number of esters is 1. The molecular weight excluding hydrogens is 357 g/mol. The normalized spacial score (nSPS) is 21.2. The number of carbonyl (C=O) groups excluding carboxylic acids is 1. The Bertz CT molecular complexity index is 832. The molecule has 1 heterocycles. The number of hydrogen-bond donors (Lipinski definition) is 1. The second-order valence-electron chi connectivity index (χ2n) is 7.14. The lowest BCUT2D eigenvalue weighted by Crippen LogP contribution is -2.40. The Morgan fingerprint density at radius 3 is 2.48 bits per heavy atom. The Labute approximate surface area is 158 Å². The van der Waals surface area contributed by atoms with Crippen LogP contribution in [0.15, 0.2) is 36.4 Å². The lowest BCUT2D eigenvalue weighted by atomic mass is 9.70. The number of nitrogens with one attached hydrogen (secondary N) is 1. The molecule has 1 N–H and O–H groups in total. The van der Waals surface area contributed by atoms with Crippen molar-refractivity contribution in [3.8, 4) is 0 Å². The minimum absolute atomic E-state index is 0.128. The molecule has 0 radical (unpaired) electrons. The van der Waals surface area contributed by atoms with Crippen LogP contribution in [-0.2, 0) is 9.53 Å². The lowest BCUT2D eigenvalue weighted by molar-refractivity contribution is -0.154. The van der Waals surface area contributed by atoms with Gasteiger partial charge in [-0.15, -0.1) is 0 Å². The first-order chi connectivity index (χ1) is 11.7. The molecule has 0 spiro atoms. The number of hydrogen-bond acceptors (Lipinski definition) is 3. The Morgan fingerprint density at radius 2 is 1.84 bits per heavy atom. The highest BCUT2D eigenvalue weighted by Crippen LogP contribution is 2.54. The first kappa shape index (κ1) is 18.1. The molecule has 3 rings (SSSR count). The van der Waals surface area contributed by atoms with Crippen molar-refractivity contribution in [1.82, 2.24) is 0 Å². The average molecular weight is 378 g/mol. The Hall–Kier alpha value is -1.71. The van der Waals surface area contributed by atoms with Crippen LogP contribution < -0.4 is 5.32 Å². The summed E-state index contributed by atoms with van der Waals surface area (Å²) < 4.78 is 5.76. The van der Waals surface area contributed by atoms with Crippen molar-refractivity contribution in [1.29, 1.82) is 0 Å². The van der Waals surface area contributed by atoms with Crippen molar-refractivity contribution in [2.24, 2.45) is 5.41 Å². The van der Waals surface area contributed by atoms with Gasteiger partial charge in [0.15, 0.2) is 0 Å². The van der Waals surface area contributed by atoms with E-state index in [1.807, 2.05) is 31.2 Å². The van der Waals surface area contributed by atoms with Crippen LogP contribution in [-0.4, -0.2) is 5.97 Å². The van der Waals surface area contributed by atoms with Crippen LogP contribution in [0.25, 0.3) is 0 Å². The van der Waals surface area contributed by atoms with Crippen molar-refractivity contribution in [3.05, 3.63) is 63.1 Å². The van der Waals surface area contributed by atoms with Gasteiger partial charge in [-0.3, -0.25) is 4.79 Å². The van der Waals surface area contributed by atoms with Crippen LogP contribution in [0.3, 0.4) is 0 Å². The summed E-state index contributed by atoms with van der Waals surface area (Å²) in [6, 6.07) is 11.5. The summed E-state index contributed by atoms with van der Waals surface area (Å²) in [6.07, 6.45) is -0.377. The summed E-state index contributed by atoms with van der Waals surface area (Å²) in [5.41, 5.74) is 3.58. The second kappa shape index (κ2) is 6.54. The maximum absolute atomic E-state index is 11.8. The highest BCUT2D eigenvalue weighted by Gasteiger charge is 2.46. The molecule has 2 atom stereocenters. The van der Waals surface area contributed by atoms with Crippen LogP contribution in [0.4, 0.5) is 5.69 Å². The van der Waals surface area contributed by atoms with E-state index in [4.69, 9.17) is 27.9 Å². The van der Waals surface area contributed by atoms with Gasteiger partial charge in [0, 0.05) is 33.6 Å². The van der Waals surface area contributed by atoms with E-state index in [9.17, 15) is 4.79 Å². The van der Waals surface area contributed by atoms with Crippen LogP contribution in [0, 0.1) is 12.3 Å². The van der Waals surface area contributed by atoms with Gasteiger partial charge in [0.05, 0.1) is 6.04 Å². The van der Waals surface area contributed by atoms with E-state index in [-0.39, 0.29) is 18.1 Å². The third-order valence-corrected chi connectivity index (χ3v) is 5.33. The maximum Gasteiger partial charge on any atom is 0.303 e. The van der Waals surface area contributed by atoms with Crippen LogP contribution in [0.1, 0.15) is 49.6 Å². The first-order valence-electron chi connectivity index (χ1n) is 8.19. The minimum Gasteiger partial charge on any atom is -0.457 e. The van der Waals surface area contributed by atoms with E-state index in [1.165, 1.54) is 6.92 Å². The summed E-state index contributed by atoms with van der Waals surface area (Å²) in [5, 5.41) is 4.76. The monoisotopic (exact) mass is 377 g/mol. The van der Waals surface area contributed by atoms with Gasteiger partial charge in [0.25, 0.3) is 0 Å². The number of aryl methyl sites for hydroxylation is 1. The van der Waals surface area contributed by atoms with Crippen LogP contribution in [0.2, 0.25) is 10.0 Å². The summed E-state index contributed by atoms with van der Waals surface area (Å²) in [5.74, 6) is -0.298. The molecule has 5 heteroatoms. The Balaban J connectivity index is 2.15. The van der Waals surface area contributed by atoms with Crippen molar-refractivity contribution < 1.29 is 9.53 Å². The van der Waals surface area contributed by atoms with E-state index in [0.29, 0.717) is 10.0 Å². The number of fused-ring (bicyclic) bond motifs is 1. The number of anilines is 1. The molecule has 0 bridgehead atoms. The van der Waals surface area contributed by atoms with Gasteiger partial charge >= 0.3 is 5.97 Å². The smallest absolute Gasteiger partial charge is 0.303 e. The fraction of sp³-hybridized carbons (Fsp3) is 0.350. The summed E-state index contributed by atoms with van der Waals surface area (Å²) >= 11 is 12.5. The average Bonchev–Trinajstić information content (AvgIpc) is 2.51. The molecular formula is C20H21Cl2NO2. The maximum atomic E-state index is 11.8. The van der Waals surface area contributed by atoms with Gasteiger partial charge in [-0.2, -0.15) is 0 Å². The molecule has 2 aromatic carbocycles. The molecule has 0 saturated carbocycles. The molecule has 1 aliphatic heterocycles. The summed E-state index contributed by atoms with van der Waals surface area (Å²) in [6.45, 7) is 7.63.